The number of nitrogens with one attached hydrogen (secondary N) is 1. The van der Waals surface area contributed by atoms with Gasteiger partial charge in [0.15, 0.2) is 0 Å². The largest absolute Gasteiger partial charge is 0.377 e. The van der Waals surface area contributed by atoms with Gasteiger partial charge in [0.05, 0.1) is 18.0 Å². The molecule has 1 fully saturated rings. The van der Waals surface area contributed by atoms with Gasteiger partial charge in [-0.3, -0.25) is 4.68 Å². The zero-order valence-corrected chi connectivity index (χ0v) is 12.0. The Morgan fingerprint density at radius 2 is 2.43 bits per heavy atom. The van der Waals surface area contributed by atoms with Crippen LogP contribution in [0.5, 0.6) is 0 Å². The summed E-state index contributed by atoms with van der Waals surface area (Å²) in [6.45, 7) is 3.29. The van der Waals surface area contributed by atoms with E-state index in [1.165, 1.54) is 12.4 Å². The highest BCUT2D eigenvalue weighted by Gasteiger charge is 2.24. The number of urea groups is 1. The highest BCUT2D eigenvalue weighted by Crippen LogP contribution is 2.15. The zero-order chi connectivity index (χ0) is 15.2. The monoisotopic (exact) mass is 302 g/mol. The average Bonchev–Trinajstić information content (AvgIpc) is 2.86. The Morgan fingerprint density at radius 3 is 3.14 bits per heavy atom. The smallest absolute Gasteiger partial charge is 0.322 e. The number of hydrogen-bond acceptors (Lipinski definition) is 3. The van der Waals surface area contributed by atoms with Crippen molar-refractivity contribution in [3.63, 3.8) is 0 Å². The number of carbonyl (C=O) groups is 1. The second kappa shape index (κ2) is 7.35. The van der Waals surface area contributed by atoms with E-state index in [1.807, 2.05) is 6.92 Å². The summed E-state index contributed by atoms with van der Waals surface area (Å²) in [6.07, 6.45) is 2.20. The Balaban J connectivity index is 1.87. The molecule has 2 heterocycles. The van der Waals surface area contributed by atoms with Gasteiger partial charge in [-0.15, -0.1) is 0 Å². The van der Waals surface area contributed by atoms with Gasteiger partial charge in [-0.1, -0.05) is 0 Å². The standard InChI is InChI=1S/C13H20F2N4O2/c1-2-21-11-4-3-5-18(8-11)13(20)17-10-6-16-19(7-10)9-12(14)15/h6-7,11-12H,2-5,8-9H2,1H3,(H,17,20)/t11-/m1/s1. The topological polar surface area (TPSA) is 59.4 Å². The van der Waals surface area contributed by atoms with Gasteiger partial charge >= 0.3 is 6.03 Å². The molecular weight excluding hydrogens is 282 g/mol. The van der Waals surface area contributed by atoms with Crippen LogP contribution in [0.25, 0.3) is 0 Å². The van der Waals surface area contributed by atoms with Crippen molar-refractivity contribution >= 4 is 11.7 Å². The number of piperidine rings is 1. The van der Waals surface area contributed by atoms with Crippen LogP contribution in [-0.2, 0) is 11.3 Å². The number of anilines is 1. The zero-order valence-electron chi connectivity index (χ0n) is 12.0. The summed E-state index contributed by atoms with van der Waals surface area (Å²) in [4.78, 5) is 13.8. The molecule has 1 atom stereocenters. The summed E-state index contributed by atoms with van der Waals surface area (Å²) in [5.41, 5.74) is 0.416. The fourth-order valence-corrected chi connectivity index (χ4v) is 2.37. The summed E-state index contributed by atoms with van der Waals surface area (Å²) in [5.74, 6) is 0. The first kappa shape index (κ1) is 15.7. The van der Waals surface area contributed by atoms with Gasteiger partial charge in [0.1, 0.15) is 6.54 Å². The van der Waals surface area contributed by atoms with Crippen LogP contribution >= 0.6 is 0 Å². The number of rotatable bonds is 5. The van der Waals surface area contributed by atoms with E-state index in [2.05, 4.69) is 10.4 Å². The number of alkyl halides is 2. The summed E-state index contributed by atoms with van der Waals surface area (Å²) in [5, 5.41) is 6.45. The maximum Gasteiger partial charge on any atom is 0.322 e. The van der Waals surface area contributed by atoms with Crippen LogP contribution in [0.4, 0.5) is 19.3 Å². The van der Waals surface area contributed by atoms with Gasteiger partial charge < -0.3 is 15.0 Å². The SMILES string of the molecule is CCO[C@@H]1CCCN(C(=O)Nc2cnn(CC(F)F)c2)C1. The predicted molar refractivity (Wildman–Crippen MR) is 73.5 cm³/mol. The lowest BCUT2D eigenvalue weighted by molar-refractivity contribution is 0.0181. The highest BCUT2D eigenvalue weighted by molar-refractivity contribution is 5.89. The maximum atomic E-state index is 12.2. The minimum absolute atomic E-state index is 0.0658. The van der Waals surface area contributed by atoms with E-state index in [0.717, 1.165) is 17.5 Å². The van der Waals surface area contributed by atoms with Crippen molar-refractivity contribution in [2.45, 2.75) is 38.8 Å². The van der Waals surface area contributed by atoms with Gasteiger partial charge in [0.2, 0.25) is 0 Å². The van der Waals surface area contributed by atoms with Gasteiger partial charge in [-0.25, -0.2) is 13.6 Å². The van der Waals surface area contributed by atoms with E-state index in [0.29, 0.717) is 25.4 Å². The summed E-state index contributed by atoms with van der Waals surface area (Å²) in [7, 11) is 0. The molecule has 0 radical (unpaired) electrons. The summed E-state index contributed by atoms with van der Waals surface area (Å²) in [6, 6.07) is -0.254. The first-order chi connectivity index (χ1) is 10.1. The van der Waals surface area contributed by atoms with Crippen molar-refractivity contribution in [1.29, 1.82) is 0 Å². The third-order valence-electron chi connectivity index (χ3n) is 3.28. The molecule has 0 aliphatic carbocycles. The van der Waals surface area contributed by atoms with Crippen molar-refractivity contribution in [2.24, 2.45) is 0 Å². The molecule has 1 aliphatic heterocycles. The molecule has 21 heavy (non-hydrogen) atoms. The van der Waals surface area contributed by atoms with Crippen molar-refractivity contribution in [3.05, 3.63) is 12.4 Å². The second-order valence-electron chi connectivity index (χ2n) is 4.94. The summed E-state index contributed by atoms with van der Waals surface area (Å²) < 4.78 is 31.1. The first-order valence-electron chi connectivity index (χ1n) is 7.06. The van der Waals surface area contributed by atoms with E-state index >= 15 is 0 Å². The van der Waals surface area contributed by atoms with Crippen molar-refractivity contribution in [2.75, 3.05) is 25.0 Å². The predicted octanol–water partition coefficient (Wildman–Crippen LogP) is 2.18. The highest BCUT2D eigenvalue weighted by atomic mass is 19.3. The summed E-state index contributed by atoms with van der Waals surface area (Å²) >= 11 is 0. The Morgan fingerprint density at radius 1 is 1.62 bits per heavy atom. The lowest BCUT2D eigenvalue weighted by Gasteiger charge is -2.32. The number of halogens is 2. The molecule has 118 valence electrons. The van der Waals surface area contributed by atoms with Crippen molar-refractivity contribution in [3.8, 4) is 0 Å². The Kier molecular flexibility index (Phi) is 5.49. The number of likely N-dealkylation sites (tertiary alicyclic amines) is 1. The van der Waals surface area contributed by atoms with Crippen LogP contribution in [0.3, 0.4) is 0 Å². The number of aromatic nitrogens is 2. The number of hydrogen-bond donors (Lipinski definition) is 1. The van der Waals surface area contributed by atoms with Crippen LogP contribution in [-0.4, -0.2) is 52.9 Å². The number of ether oxygens (including phenoxy) is 1. The van der Waals surface area contributed by atoms with Crippen LogP contribution < -0.4 is 5.32 Å². The minimum Gasteiger partial charge on any atom is -0.377 e. The molecular formula is C13H20F2N4O2. The quantitative estimate of drug-likeness (QED) is 0.907. The molecule has 0 saturated carbocycles. The number of amides is 2. The molecule has 8 heteroatoms. The van der Waals surface area contributed by atoms with E-state index in [-0.39, 0.29) is 12.1 Å². The molecule has 1 aromatic heterocycles. The Hall–Kier alpha value is -1.70. The van der Waals surface area contributed by atoms with Gasteiger partial charge in [-0.05, 0) is 19.8 Å². The van der Waals surface area contributed by atoms with Crippen molar-refractivity contribution < 1.29 is 18.3 Å². The molecule has 0 aromatic carbocycles. The second-order valence-corrected chi connectivity index (χ2v) is 4.94. The third-order valence-corrected chi connectivity index (χ3v) is 3.28. The fourth-order valence-electron chi connectivity index (χ4n) is 2.37. The molecule has 1 saturated heterocycles. The number of nitrogens with zero attached hydrogens (tertiary/aromatic N) is 3. The molecule has 2 amide bonds. The molecule has 0 bridgehead atoms. The van der Waals surface area contributed by atoms with Crippen LogP contribution in [0.1, 0.15) is 19.8 Å². The van der Waals surface area contributed by atoms with Crippen LogP contribution in [0, 0.1) is 0 Å². The van der Waals surface area contributed by atoms with Gasteiger partial charge in [0.25, 0.3) is 6.43 Å². The third kappa shape index (κ3) is 4.66. The van der Waals surface area contributed by atoms with E-state index in [1.54, 1.807) is 4.90 Å². The van der Waals surface area contributed by atoms with E-state index in [4.69, 9.17) is 4.74 Å². The van der Waals surface area contributed by atoms with Gasteiger partial charge in [-0.2, -0.15) is 5.10 Å². The first-order valence-corrected chi connectivity index (χ1v) is 7.06. The molecule has 1 aromatic rings. The molecule has 0 spiro atoms. The number of carbonyl (C=O) groups excluding carboxylic acids is 1. The maximum absolute atomic E-state index is 12.2. The fraction of sp³-hybridized carbons (Fsp3) is 0.692. The van der Waals surface area contributed by atoms with E-state index < -0.39 is 13.0 Å². The van der Waals surface area contributed by atoms with Crippen LogP contribution in [0.15, 0.2) is 12.4 Å². The lowest BCUT2D eigenvalue weighted by atomic mass is 10.1. The average molecular weight is 302 g/mol. The molecule has 6 nitrogen and oxygen atoms in total. The molecule has 1 aliphatic rings. The Bertz CT molecular complexity index is 465. The van der Waals surface area contributed by atoms with Crippen molar-refractivity contribution in [1.82, 2.24) is 14.7 Å². The lowest BCUT2D eigenvalue weighted by Crippen LogP contribution is -2.45. The Labute approximate surface area is 122 Å². The van der Waals surface area contributed by atoms with E-state index in [9.17, 15) is 13.6 Å². The molecule has 2 rings (SSSR count). The molecule has 1 N–H and O–H groups in total. The molecule has 0 unspecified atom stereocenters. The van der Waals surface area contributed by atoms with Gasteiger partial charge in [0, 0.05) is 25.9 Å². The van der Waals surface area contributed by atoms with Crippen LogP contribution in [0.2, 0.25) is 0 Å². The normalized spacial score (nSPS) is 19.0. The minimum atomic E-state index is -2.47.